The van der Waals surface area contributed by atoms with Gasteiger partial charge in [0, 0.05) is 17.8 Å². The van der Waals surface area contributed by atoms with E-state index in [9.17, 15) is 4.79 Å². The molecule has 28 heavy (non-hydrogen) atoms. The van der Waals surface area contributed by atoms with Crippen LogP contribution in [-0.4, -0.2) is 25.1 Å². The average molecular weight is 398 g/mol. The molecule has 2 aromatic carbocycles. The van der Waals surface area contributed by atoms with Crippen LogP contribution in [0.4, 0.5) is 17.1 Å². The number of halogens is 1. The summed E-state index contributed by atoms with van der Waals surface area (Å²) >= 11 is 6.09. The number of aromatic nitrogens is 1. The van der Waals surface area contributed by atoms with E-state index in [0.29, 0.717) is 22.2 Å². The second-order valence-corrected chi connectivity index (χ2v) is 6.47. The van der Waals surface area contributed by atoms with Crippen LogP contribution in [0, 0.1) is 6.92 Å². The molecule has 1 amide bonds. The van der Waals surface area contributed by atoms with Crippen LogP contribution in [-0.2, 0) is 0 Å². The van der Waals surface area contributed by atoms with Crippen LogP contribution in [0.3, 0.4) is 0 Å². The summed E-state index contributed by atoms with van der Waals surface area (Å²) in [5.41, 5.74) is 3.63. The van der Waals surface area contributed by atoms with Crippen molar-refractivity contribution in [2.24, 2.45) is 0 Å². The quantitative estimate of drug-likeness (QED) is 0.608. The van der Waals surface area contributed by atoms with Gasteiger partial charge in [0.2, 0.25) is 0 Å². The van der Waals surface area contributed by atoms with Gasteiger partial charge in [0.05, 0.1) is 36.8 Å². The van der Waals surface area contributed by atoms with E-state index in [1.807, 2.05) is 31.2 Å². The minimum atomic E-state index is -0.371. The van der Waals surface area contributed by atoms with Crippen molar-refractivity contribution in [2.75, 3.05) is 24.9 Å². The molecule has 0 spiro atoms. The molecule has 0 aliphatic rings. The zero-order chi connectivity index (χ0) is 20.1. The van der Waals surface area contributed by atoms with Crippen LogP contribution in [0.15, 0.2) is 54.7 Å². The van der Waals surface area contributed by atoms with Crippen LogP contribution in [0.5, 0.6) is 11.5 Å². The molecule has 3 rings (SSSR count). The Morgan fingerprint density at radius 2 is 1.64 bits per heavy atom. The van der Waals surface area contributed by atoms with E-state index in [1.165, 1.54) is 19.8 Å². The Kier molecular flexibility index (Phi) is 6.01. The summed E-state index contributed by atoms with van der Waals surface area (Å²) in [6.07, 6.45) is 1.61. The van der Waals surface area contributed by atoms with Crippen LogP contribution < -0.4 is 20.1 Å². The largest absolute Gasteiger partial charge is 0.495 e. The monoisotopic (exact) mass is 397 g/mol. The van der Waals surface area contributed by atoms with E-state index in [-0.39, 0.29) is 11.6 Å². The summed E-state index contributed by atoms with van der Waals surface area (Å²) in [5, 5.41) is 6.40. The number of aryl methyl sites for hydroxylation is 1. The number of carbonyl (C=O) groups is 1. The number of hydrogen-bond acceptors (Lipinski definition) is 5. The highest BCUT2D eigenvalue weighted by molar-refractivity contribution is 6.32. The zero-order valence-corrected chi connectivity index (χ0v) is 16.5. The number of pyridine rings is 1. The third-order valence-corrected chi connectivity index (χ3v) is 4.35. The SMILES string of the molecule is COc1cc(NC(=O)c2ccc(Nc3ccc(C)cc3)cn2)c(OC)cc1Cl. The van der Waals surface area contributed by atoms with Crippen LogP contribution >= 0.6 is 11.6 Å². The van der Waals surface area contributed by atoms with Gasteiger partial charge in [-0.2, -0.15) is 0 Å². The molecular weight excluding hydrogens is 378 g/mol. The Labute approximate surface area is 168 Å². The molecule has 0 saturated heterocycles. The molecule has 0 radical (unpaired) electrons. The summed E-state index contributed by atoms with van der Waals surface area (Å²) in [4.78, 5) is 16.8. The Bertz CT molecular complexity index is 973. The first-order valence-corrected chi connectivity index (χ1v) is 8.90. The minimum absolute atomic E-state index is 0.269. The fraction of sp³-hybridized carbons (Fsp3) is 0.143. The highest BCUT2D eigenvalue weighted by atomic mass is 35.5. The molecule has 0 saturated carbocycles. The smallest absolute Gasteiger partial charge is 0.274 e. The molecule has 2 N–H and O–H groups in total. The third kappa shape index (κ3) is 4.53. The van der Waals surface area contributed by atoms with Gasteiger partial charge in [-0.1, -0.05) is 29.3 Å². The summed E-state index contributed by atoms with van der Waals surface area (Å²) in [5.74, 6) is 0.491. The molecule has 144 valence electrons. The number of benzene rings is 2. The maximum Gasteiger partial charge on any atom is 0.274 e. The fourth-order valence-corrected chi connectivity index (χ4v) is 2.78. The molecule has 0 unspecified atom stereocenters. The van der Waals surface area contributed by atoms with Crippen LogP contribution in [0.25, 0.3) is 0 Å². The number of ether oxygens (including phenoxy) is 2. The van der Waals surface area contributed by atoms with Crippen LogP contribution in [0.1, 0.15) is 16.1 Å². The summed E-state index contributed by atoms with van der Waals surface area (Å²) in [6, 6.07) is 14.6. The molecule has 0 fully saturated rings. The number of nitrogens with zero attached hydrogens (tertiary/aromatic N) is 1. The maximum atomic E-state index is 12.6. The summed E-state index contributed by atoms with van der Waals surface area (Å²) < 4.78 is 10.5. The van der Waals surface area contributed by atoms with Gasteiger partial charge >= 0.3 is 0 Å². The van der Waals surface area contributed by atoms with E-state index in [2.05, 4.69) is 15.6 Å². The van der Waals surface area contributed by atoms with Crippen molar-refractivity contribution in [2.45, 2.75) is 6.92 Å². The van der Waals surface area contributed by atoms with Crippen molar-refractivity contribution < 1.29 is 14.3 Å². The Morgan fingerprint density at radius 3 is 2.25 bits per heavy atom. The van der Waals surface area contributed by atoms with Crippen molar-refractivity contribution in [1.29, 1.82) is 0 Å². The number of carbonyl (C=O) groups excluding carboxylic acids is 1. The van der Waals surface area contributed by atoms with E-state index >= 15 is 0 Å². The molecule has 3 aromatic rings. The summed E-state index contributed by atoms with van der Waals surface area (Å²) in [7, 11) is 3.00. The van der Waals surface area contributed by atoms with E-state index in [1.54, 1.807) is 30.5 Å². The zero-order valence-electron chi connectivity index (χ0n) is 15.7. The van der Waals surface area contributed by atoms with Gasteiger partial charge in [0.15, 0.2) is 0 Å². The van der Waals surface area contributed by atoms with Crippen LogP contribution in [0.2, 0.25) is 5.02 Å². The third-order valence-electron chi connectivity index (χ3n) is 4.06. The molecule has 0 atom stereocenters. The number of amides is 1. The molecule has 6 nitrogen and oxygen atoms in total. The van der Waals surface area contributed by atoms with Gasteiger partial charge in [-0.3, -0.25) is 4.79 Å². The van der Waals surface area contributed by atoms with Gasteiger partial charge in [-0.15, -0.1) is 0 Å². The van der Waals surface area contributed by atoms with Gasteiger partial charge < -0.3 is 20.1 Å². The molecule has 0 aliphatic carbocycles. The number of hydrogen-bond donors (Lipinski definition) is 2. The van der Waals surface area contributed by atoms with E-state index in [4.69, 9.17) is 21.1 Å². The minimum Gasteiger partial charge on any atom is -0.495 e. The normalized spacial score (nSPS) is 10.3. The number of nitrogens with one attached hydrogen (secondary N) is 2. The first-order valence-electron chi connectivity index (χ1n) is 8.53. The number of anilines is 3. The Balaban J connectivity index is 1.74. The van der Waals surface area contributed by atoms with Gasteiger partial charge in [-0.05, 0) is 31.2 Å². The van der Waals surface area contributed by atoms with Crippen molar-refractivity contribution in [3.8, 4) is 11.5 Å². The van der Waals surface area contributed by atoms with Crippen molar-refractivity contribution in [3.05, 3.63) is 71.0 Å². The molecule has 7 heteroatoms. The Hall–Kier alpha value is -3.25. The van der Waals surface area contributed by atoms with Gasteiger partial charge in [-0.25, -0.2) is 4.98 Å². The molecule has 1 aromatic heterocycles. The van der Waals surface area contributed by atoms with Gasteiger partial charge in [0.1, 0.15) is 17.2 Å². The first kappa shape index (κ1) is 19.5. The van der Waals surface area contributed by atoms with Gasteiger partial charge in [0.25, 0.3) is 5.91 Å². The lowest BCUT2D eigenvalue weighted by molar-refractivity contribution is 0.102. The molecule has 1 heterocycles. The second-order valence-electron chi connectivity index (χ2n) is 6.06. The molecular formula is C21H20ClN3O3. The standard InChI is InChI=1S/C21H20ClN3O3/c1-13-4-6-14(7-5-13)24-15-8-9-17(23-12-15)21(26)25-18-11-19(27-2)16(22)10-20(18)28-3/h4-12,24H,1-3H3,(H,25,26). The second kappa shape index (κ2) is 8.63. The fourth-order valence-electron chi connectivity index (χ4n) is 2.55. The van der Waals surface area contributed by atoms with Crippen molar-refractivity contribution in [3.63, 3.8) is 0 Å². The van der Waals surface area contributed by atoms with Crippen molar-refractivity contribution >= 4 is 34.6 Å². The Morgan fingerprint density at radius 1 is 0.964 bits per heavy atom. The lowest BCUT2D eigenvalue weighted by Gasteiger charge is -2.13. The predicted molar refractivity (Wildman–Crippen MR) is 111 cm³/mol. The molecule has 0 bridgehead atoms. The highest BCUT2D eigenvalue weighted by Crippen LogP contribution is 2.36. The first-order chi connectivity index (χ1) is 13.5. The number of rotatable bonds is 6. The maximum absolute atomic E-state index is 12.6. The summed E-state index contributed by atoms with van der Waals surface area (Å²) in [6.45, 7) is 2.03. The number of methoxy groups -OCH3 is 2. The topological polar surface area (TPSA) is 72.5 Å². The van der Waals surface area contributed by atoms with E-state index in [0.717, 1.165) is 11.4 Å². The molecule has 0 aliphatic heterocycles. The lowest BCUT2D eigenvalue weighted by atomic mass is 10.2. The van der Waals surface area contributed by atoms with E-state index < -0.39 is 0 Å². The van der Waals surface area contributed by atoms with Crippen molar-refractivity contribution in [1.82, 2.24) is 4.98 Å². The lowest BCUT2D eigenvalue weighted by Crippen LogP contribution is -2.14. The average Bonchev–Trinajstić information content (AvgIpc) is 2.71. The highest BCUT2D eigenvalue weighted by Gasteiger charge is 2.14. The predicted octanol–water partition coefficient (Wildman–Crippen LogP) is 5.06.